The summed E-state index contributed by atoms with van der Waals surface area (Å²) >= 11 is 6.29. The molecule has 36 heavy (non-hydrogen) atoms. The first-order chi connectivity index (χ1) is 17.4. The van der Waals surface area contributed by atoms with Gasteiger partial charge in [-0.2, -0.15) is 4.98 Å². The van der Waals surface area contributed by atoms with Crippen LogP contribution < -0.4 is 16.6 Å². The highest BCUT2D eigenvalue weighted by molar-refractivity contribution is 6.35. The Morgan fingerprint density at radius 1 is 1.14 bits per heavy atom. The molecule has 10 nitrogen and oxygen atoms in total. The number of aryl methyl sites for hydroxylation is 2. The van der Waals surface area contributed by atoms with Crippen LogP contribution in [-0.2, 0) is 20.6 Å². The number of hydrogen-bond acceptors (Lipinski definition) is 6. The maximum absolute atomic E-state index is 13.5. The maximum atomic E-state index is 13.5. The van der Waals surface area contributed by atoms with Crippen LogP contribution in [0.25, 0.3) is 22.1 Å². The zero-order valence-electron chi connectivity index (χ0n) is 19.7. The van der Waals surface area contributed by atoms with Crippen molar-refractivity contribution in [3.05, 3.63) is 79.7 Å². The van der Waals surface area contributed by atoms with E-state index < -0.39 is 11.2 Å². The Hall–Kier alpha value is -3.89. The summed E-state index contributed by atoms with van der Waals surface area (Å²) in [6.45, 7) is 0.220. The third-order valence-corrected chi connectivity index (χ3v) is 7.23. The number of rotatable bonds is 6. The zero-order valence-corrected chi connectivity index (χ0v) is 20.5. The highest BCUT2D eigenvalue weighted by Crippen LogP contribution is 2.46. The Balaban J connectivity index is 1.38. The second-order valence-electron chi connectivity index (χ2n) is 9.25. The average Bonchev–Trinajstić information content (AvgIpc) is 3.44. The van der Waals surface area contributed by atoms with Crippen LogP contribution in [-0.4, -0.2) is 40.4 Å². The second kappa shape index (κ2) is 8.35. The number of fused-ring (bicyclic) bond motifs is 2. The van der Waals surface area contributed by atoms with Crippen molar-refractivity contribution in [2.75, 3.05) is 11.9 Å². The van der Waals surface area contributed by atoms with Gasteiger partial charge in [-0.3, -0.25) is 13.9 Å². The number of hydrogen-bond donors (Lipinski definition) is 3. The average molecular weight is 506 g/mol. The number of H-pyrrole nitrogens is 1. The number of imidazole rings is 1. The summed E-state index contributed by atoms with van der Waals surface area (Å²) in [6.07, 6.45) is 0.920. The quantitative estimate of drug-likeness (QED) is 0.326. The smallest absolute Gasteiger partial charge is 0.332 e. The predicted octanol–water partition coefficient (Wildman–Crippen LogP) is 2.85. The van der Waals surface area contributed by atoms with Crippen molar-refractivity contribution in [2.45, 2.75) is 18.9 Å². The highest BCUT2D eigenvalue weighted by atomic mass is 35.5. The Morgan fingerprint density at radius 3 is 2.69 bits per heavy atom. The van der Waals surface area contributed by atoms with E-state index in [9.17, 15) is 14.7 Å². The highest BCUT2D eigenvalue weighted by Gasteiger charge is 2.38. The molecule has 1 aliphatic carbocycles. The van der Waals surface area contributed by atoms with Gasteiger partial charge >= 0.3 is 5.69 Å². The van der Waals surface area contributed by atoms with Crippen LogP contribution in [0, 0.1) is 5.92 Å². The molecule has 0 amide bonds. The molecular formula is C25H24ClN7O3. The van der Waals surface area contributed by atoms with Crippen molar-refractivity contribution >= 4 is 45.4 Å². The molecule has 184 valence electrons. The lowest BCUT2D eigenvalue weighted by Crippen LogP contribution is -2.39. The third-order valence-electron chi connectivity index (χ3n) is 6.90. The van der Waals surface area contributed by atoms with Crippen LogP contribution in [0.3, 0.4) is 0 Å². The van der Waals surface area contributed by atoms with E-state index >= 15 is 0 Å². The fourth-order valence-electron chi connectivity index (χ4n) is 4.78. The van der Waals surface area contributed by atoms with Crippen molar-refractivity contribution in [1.29, 1.82) is 0 Å². The lowest BCUT2D eigenvalue weighted by atomic mass is 10.2. The minimum Gasteiger partial charge on any atom is -0.396 e. The summed E-state index contributed by atoms with van der Waals surface area (Å²) in [4.78, 5) is 39.1. The lowest BCUT2D eigenvalue weighted by Gasteiger charge is -2.08. The molecule has 11 heteroatoms. The fourth-order valence-corrected chi connectivity index (χ4v) is 5.01. The molecule has 0 saturated heterocycles. The first kappa shape index (κ1) is 22.6. The van der Waals surface area contributed by atoms with Gasteiger partial charge in [-0.25, -0.2) is 9.78 Å². The molecule has 1 fully saturated rings. The van der Waals surface area contributed by atoms with Crippen LogP contribution >= 0.6 is 11.6 Å². The first-order valence-electron chi connectivity index (χ1n) is 11.6. The Labute approximate surface area is 209 Å². The van der Waals surface area contributed by atoms with Crippen LogP contribution in [0.15, 0.2) is 52.1 Å². The third kappa shape index (κ3) is 3.61. The first-order valence-corrected chi connectivity index (χ1v) is 12.0. The lowest BCUT2D eigenvalue weighted by molar-refractivity contribution is 0.273. The molecule has 4 heterocycles. The van der Waals surface area contributed by atoms with Gasteiger partial charge < -0.3 is 20.0 Å². The molecule has 1 saturated carbocycles. The van der Waals surface area contributed by atoms with Gasteiger partial charge in [-0.05, 0) is 42.7 Å². The Morgan fingerprint density at radius 2 is 1.94 bits per heavy atom. The number of pyridine rings is 1. The largest absolute Gasteiger partial charge is 0.396 e. The monoisotopic (exact) mass is 505 g/mol. The topological polar surface area (TPSA) is 123 Å². The summed E-state index contributed by atoms with van der Waals surface area (Å²) < 4.78 is 4.20. The molecule has 6 rings (SSSR count). The minimum atomic E-state index is -0.467. The molecule has 0 spiro atoms. The molecule has 3 N–H and O–H groups in total. The Kier molecular flexibility index (Phi) is 5.24. The van der Waals surface area contributed by atoms with E-state index in [4.69, 9.17) is 11.6 Å². The van der Waals surface area contributed by atoms with Gasteiger partial charge in [0.1, 0.15) is 5.82 Å². The maximum Gasteiger partial charge on any atom is 0.332 e. The molecule has 5 aromatic rings. The second-order valence-corrected chi connectivity index (χ2v) is 9.66. The number of nitrogens with zero attached hydrogens (tertiary/aromatic N) is 5. The van der Waals surface area contributed by atoms with Crippen LogP contribution in [0.1, 0.15) is 23.7 Å². The number of anilines is 2. The summed E-state index contributed by atoms with van der Waals surface area (Å²) in [5.41, 5.74) is 2.11. The van der Waals surface area contributed by atoms with E-state index in [0.717, 1.165) is 23.0 Å². The van der Waals surface area contributed by atoms with Crippen molar-refractivity contribution < 1.29 is 5.11 Å². The van der Waals surface area contributed by atoms with Gasteiger partial charge in [0.15, 0.2) is 11.2 Å². The van der Waals surface area contributed by atoms with Gasteiger partial charge in [-0.1, -0.05) is 23.7 Å². The van der Waals surface area contributed by atoms with Gasteiger partial charge in [0, 0.05) is 53.9 Å². The normalized spacial score (nSPS) is 17.2. The van der Waals surface area contributed by atoms with E-state index in [2.05, 4.69) is 20.3 Å². The summed E-state index contributed by atoms with van der Waals surface area (Å²) in [5, 5.41) is 14.0. The van der Waals surface area contributed by atoms with Crippen LogP contribution in [0.4, 0.5) is 11.8 Å². The molecule has 0 aliphatic heterocycles. The number of nitrogens with one attached hydrogen (secondary N) is 2. The van der Waals surface area contributed by atoms with Crippen molar-refractivity contribution in [2.24, 2.45) is 20.0 Å². The van der Waals surface area contributed by atoms with E-state index in [0.29, 0.717) is 28.0 Å². The number of aromatic amines is 1. The SMILES string of the molecule is Cn1c(Nc2cccc([C@H]3C[C@@H]3CO)n2)nc2c1c(=O)n(Cc1cc3c(Cl)cccc3[nH]1)c(=O)n2C. The zero-order chi connectivity index (χ0) is 25.1. The fraction of sp³-hybridized carbons (Fsp3) is 0.280. The van der Waals surface area contributed by atoms with Gasteiger partial charge in [0.05, 0.1) is 6.54 Å². The molecule has 0 unspecified atom stereocenters. The number of aliphatic hydroxyl groups excluding tert-OH is 1. The predicted molar refractivity (Wildman–Crippen MR) is 138 cm³/mol. The molecule has 1 aliphatic rings. The van der Waals surface area contributed by atoms with E-state index in [1.54, 1.807) is 24.7 Å². The molecule has 4 aromatic heterocycles. The van der Waals surface area contributed by atoms with Gasteiger partial charge in [0.2, 0.25) is 5.95 Å². The summed E-state index contributed by atoms with van der Waals surface area (Å²) in [5.74, 6) is 1.48. The van der Waals surface area contributed by atoms with Gasteiger partial charge in [0.25, 0.3) is 5.56 Å². The standard InChI is InChI=1S/C25H24ClN7O3/c1-31-21-22(30-24(31)29-20-8-4-7-18(28-20)15-9-13(15)12-34)32(2)25(36)33(23(21)35)11-14-10-16-17(26)5-3-6-19(16)27-14/h3-8,10,13,15,27,34H,9,11-12H2,1-2H3,(H,28,29,30)/t13-,15+/m1/s1. The summed E-state index contributed by atoms with van der Waals surface area (Å²) in [7, 11) is 3.32. The molecule has 2 atom stereocenters. The number of aliphatic hydroxyl groups is 1. The van der Waals surface area contributed by atoms with Crippen molar-refractivity contribution in [3.8, 4) is 0 Å². The van der Waals surface area contributed by atoms with Crippen LogP contribution in [0.2, 0.25) is 5.02 Å². The van der Waals surface area contributed by atoms with Gasteiger partial charge in [-0.15, -0.1) is 0 Å². The molecule has 0 bridgehead atoms. The molecule has 1 aromatic carbocycles. The van der Waals surface area contributed by atoms with Crippen molar-refractivity contribution in [1.82, 2.24) is 28.7 Å². The minimum absolute atomic E-state index is 0.0669. The number of benzene rings is 1. The summed E-state index contributed by atoms with van der Waals surface area (Å²) in [6, 6.07) is 13.0. The number of halogens is 1. The molecule has 0 radical (unpaired) electrons. The number of aromatic nitrogens is 6. The van der Waals surface area contributed by atoms with Crippen molar-refractivity contribution in [3.63, 3.8) is 0 Å². The Bertz CT molecular complexity index is 1760. The van der Waals surface area contributed by atoms with Crippen LogP contribution in [0.5, 0.6) is 0 Å². The van der Waals surface area contributed by atoms with E-state index in [1.165, 1.54) is 9.13 Å². The molecular weight excluding hydrogens is 482 g/mol. The van der Waals surface area contributed by atoms with E-state index in [1.807, 2.05) is 36.4 Å². The van der Waals surface area contributed by atoms with E-state index in [-0.39, 0.29) is 30.6 Å².